The van der Waals surface area contributed by atoms with Gasteiger partial charge in [-0.2, -0.15) is 0 Å². The van der Waals surface area contributed by atoms with Crippen molar-refractivity contribution in [1.82, 2.24) is 9.38 Å². The van der Waals surface area contributed by atoms with E-state index >= 15 is 0 Å². The Morgan fingerprint density at radius 1 is 1.35 bits per heavy atom. The summed E-state index contributed by atoms with van der Waals surface area (Å²) in [6, 6.07) is 9.76. The van der Waals surface area contributed by atoms with Crippen LogP contribution in [0.4, 0.5) is 0 Å². The maximum absolute atomic E-state index is 11.2. The molecule has 100 valence electrons. The van der Waals surface area contributed by atoms with Crippen molar-refractivity contribution in [1.29, 1.82) is 0 Å². The van der Waals surface area contributed by atoms with Crippen LogP contribution in [-0.4, -0.2) is 26.7 Å². The molecule has 0 aliphatic heterocycles. The van der Waals surface area contributed by atoms with E-state index in [1.165, 1.54) is 11.3 Å². The number of rotatable bonds is 4. The third kappa shape index (κ3) is 2.10. The molecule has 0 spiro atoms. The van der Waals surface area contributed by atoms with E-state index in [1.807, 2.05) is 36.5 Å². The minimum absolute atomic E-state index is 0.247. The Bertz CT molecular complexity index is 789. The molecule has 0 bridgehead atoms. The molecular weight excluding hydrogens is 276 g/mol. The highest BCUT2D eigenvalue weighted by Gasteiger charge is 2.17. The maximum Gasteiger partial charge on any atom is 0.309 e. The van der Waals surface area contributed by atoms with Crippen molar-refractivity contribution in [3.05, 3.63) is 47.9 Å². The smallest absolute Gasteiger partial charge is 0.309 e. The van der Waals surface area contributed by atoms with Gasteiger partial charge < -0.3 is 5.11 Å². The first-order chi connectivity index (χ1) is 9.69. The zero-order valence-corrected chi connectivity index (χ0v) is 11.1. The van der Waals surface area contributed by atoms with E-state index in [4.69, 9.17) is 5.11 Å². The Labute approximate surface area is 118 Å². The zero-order valence-electron chi connectivity index (χ0n) is 10.3. The summed E-state index contributed by atoms with van der Waals surface area (Å²) in [6.45, 7) is 0. The summed E-state index contributed by atoms with van der Waals surface area (Å²) < 4.78 is 1.65. The van der Waals surface area contributed by atoms with Crippen molar-refractivity contribution in [2.45, 2.75) is 6.42 Å². The van der Waals surface area contributed by atoms with Crippen LogP contribution in [0.5, 0.6) is 0 Å². The highest BCUT2D eigenvalue weighted by atomic mass is 32.1. The summed E-state index contributed by atoms with van der Waals surface area (Å²) in [4.78, 5) is 27.8. The van der Waals surface area contributed by atoms with E-state index in [0.717, 1.165) is 10.4 Å². The molecule has 0 radical (unpaired) electrons. The molecule has 0 unspecified atom stereocenters. The number of aromatic nitrogens is 2. The van der Waals surface area contributed by atoms with Gasteiger partial charge in [-0.25, -0.2) is 4.98 Å². The lowest BCUT2D eigenvalue weighted by molar-refractivity contribution is -0.136. The van der Waals surface area contributed by atoms with Crippen molar-refractivity contribution in [2.24, 2.45) is 0 Å². The lowest BCUT2D eigenvalue weighted by atomic mass is 10.2. The number of carboxylic acid groups (broad SMARTS) is 1. The Kier molecular flexibility index (Phi) is 3.08. The molecule has 0 fully saturated rings. The monoisotopic (exact) mass is 286 g/mol. The first-order valence-electron chi connectivity index (χ1n) is 5.92. The average Bonchev–Trinajstić information content (AvgIpc) is 2.96. The van der Waals surface area contributed by atoms with E-state index in [1.54, 1.807) is 4.40 Å². The fourth-order valence-corrected chi connectivity index (χ4v) is 3.06. The first kappa shape index (κ1) is 12.6. The standard InChI is InChI=1S/C14H10N2O3S/c17-8-11-10(6-13(18)19)15-14-16(11)7-12(20-14)9-4-2-1-3-5-9/h1-5,7-8H,6H2,(H,18,19). The number of hydrogen-bond acceptors (Lipinski definition) is 4. The van der Waals surface area contributed by atoms with Crippen LogP contribution in [-0.2, 0) is 11.2 Å². The highest BCUT2D eigenvalue weighted by molar-refractivity contribution is 7.20. The lowest BCUT2D eigenvalue weighted by Crippen LogP contribution is -2.03. The number of aldehydes is 1. The molecular formula is C14H10N2O3S. The van der Waals surface area contributed by atoms with Gasteiger partial charge in [0.1, 0.15) is 5.69 Å². The van der Waals surface area contributed by atoms with Crippen LogP contribution in [0.3, 0.4) is 0 Å². The second-order valence-corrected chi connectivity index (χ2v) is 5.26. The number of nitrogens with zero attached hydrogens (tertiary/aromatic N) is 2. The van der Waals surface area contributed by atoms with Gasteiger partial charge in [0.05, 0.1) is 17.0 Å². The van der Waals surface area contributed by atoms with Gasteiger partial charge in [-0.05, 0) is 5.56 Å². The second-order valence-electron chi connectivity index (χ2n) is 4.25. The fraction of sp³-hybridized carbons (Fsp3) is 0.0714. The molecule has 1 N–H and O–H groups in total. The highest BCUT2D eigenvalue weighted by Crippen LogP contribution is 2.29. The third-order valence-electron chi connectivity index (χ3n) is 2.93. The van der Waals surface area contributed by atoms with Gasteiger partial charge in [0.15, 0.2) is 11.2 Å². The Hall–Kier alpha value is -2.47. The number of thiazole rings is 1. The number of hydrogen-bond donors (Lipinski definition) is 1. The zero-order chi connectivity index (χ0) is 14.1. The van der Waals surface area contributed by atoms with Gasteiger partial charge in [0.2, 0.25) is 0 Å². The predicted octanol–water partition coefficient (Wildman–Crippen LogP) is 2.50. The van der Waals surface area contributed by atoms with E-state index < -0.39 is 5.97 Å². The van der Waals surface area contributed by atoms with Crippen LogP contribution in [0.25, 0.3) is 15.4 Å². The maximum atomic E-state index is 11.2. The number of carboxylic acids is 1. The number of fused-ring (bicyclic) bond motifs is 1. The van der Waals surface area contributed by atoms with Crippen molar-refractivity contribution in [3.8, 4) is 10.4 Å². The van der Waals surface area contributed by atoms with E-state index in [9.17, 15) is 9.59 Å². The molecule has 6 heteroatoms. The summed E-state index contributed by atoms with van der Waals surface area (Å²) in [7, 11) is 0. The van der Waals surface area contributed by atoms with Crippen molar-refractivity contribution in [2.75, 3.05) is 0 Å². The quantitative estimate of drug-likeness (QED) is 0.748. The minimum Gasteiger partial charge on any atom is -0.481 e. The number of carbonyl (C=O) groups excluding carboxylic acids is 1. The Balaban J connectivity index is 2.11. The third-order valence-corrected chi connectivity index (χ3v) is 3.96. The number of carbonyl (C=O) groups is 2. The number of benzene rings is 1. The molecule has 0 atom stereocenters. The lowest BCUT2D eigenvalue weighted by Gasteiger charge is -1.95. The van der Waals surface area contributed by atoms with Crippen LogP contribution >= 0.6 is 11.3 Å². The number of imidazole rings is 1. The van der Waals surface area contributed by atoms with E-state index in [2.05, 4.69) is 4.98 Å². The molecule has 3 aromatic rings. The summed E-state index contributed by atoms with van der Waals surface area (Å²) in [5, 5.41) is 8.82. The molecule has 20 heavy (non-hydrogen) atoms. The summed E-state index contributed by atoms with van der Waals surface area (Å²) in [5.41, 5.74) is 1.65. The Morgan fingerprint density at radius 2 is 2.10 bits per heavy atom. The second kappa shape index (κ2) is 4.90. The van der Waals surface area contributed by atoms with Crippen LogP contribution in [0, 0.1) is 0 Å². The average molecular weight is 286 g/mol. The molecule has 3 rings (SSSR count). The van der Waals surface area contributed by atoms with E-state index in [-0.39, 0.29) is 6.42 Å². The van der Waals surface area contributed by atoms with Crippen molar-refractivity contribution in [3.63, 3.8) is 0 Å². The van der Waals surface area contributed by atoms with Gasteiger partial charge in [0, 0.05) is 6.20 Å². The molecule has 0 saturated heterocycles. The topological polar surface area (TPSA) is 71.7 Å². The summed E-state index contributed by atoms with van der Waals surface area (Å²) in [6.07, 6.45) is 2.22. The van der Waals surface area contributed by atoms with Crippen LogP contribution in [0.1, 0.15) is 16.2 Å². The minimum atomic E-state index is -0.998. The van der Waals surface area contributed by atoms with Crippen molar-refractivity contribution >= 4 is 28.6 Å². The normalized spacial score (nSPS) is 10.8. The first-order valence-corrected chi connectivity index (χ1v) is 6.74. The molecule has 0 aliphatic carbocycles. The molecule has 2 heterocycles. The van der Waals surface area contributed by atoms with Gasteiger partial charge >= 0.3 is 5.97 Å². The fourth-order valence-electron chi connectivity index (χ4n) is 2.04. The van der Waals surface area contributed by atoms with Gasteiger partial charge in [0.25, 0.3) is 0 Å². The summed E-state index contributed by atoms with van der Waals surface area (Å²) in [5.74, 6) is -0.998. The van der Waals surface area contributed by atoms with Crippen LogP contribution in [0.2, 0.25) is 0 Å². The molecule has 0 amide bonds. The van der Waals surface area contributed by atoms with Crippen LogP contribution < -0.4 is 0 Å². The largest absolute Gasteiger partial charge is 0.481 e. The molecule has 1 aromatic carbocycles. The molecule has 5 nitrogen and oxygen atoms in total. The molecule has 0 saturated carbocycles. The summed E-state index contributed by atoms with van der Waals surface area (Å²) >= 11 is 1.43. The van der Waals surface area contributed by atoms with E-state index in [0.29, 0.717) is 22.6 Å². The van der Waals surface area contributed by atoms with Gasteiger partial charge in [-0.15, -0.1) is 0 Å². The SMILES string of the molecule is O=Cc1c(CC(=O)O)nc2sc(-c3ccccc3)cn12. The van der Waals surface area contributed by atoms with Crippen molar-refractivity contribution < 1.29 is 14.7 Å². The predicted molar refractivity (Wildman–Crippen MR) is 75.2 cm³/mol. The number of aliphatic carboxylic acids is 1. The Morgan fingerprint density at radius 3 is 2.75 bits per heavy atom. The molecule has 0 aliphatic rings. The van der Waals surface area contributed by atoms with Gasteiger partial charge in [-0.3, -0.25) is 14.0 Å². The molecule has 2 aromatic heterocycles. The van der Waals surface area contributed by atoms with Crippen LogP contribution in [0.15, 0.2) is 36.5 Å². The van der Waals surface area contributed by atoms with Gasteiger partial charge in [-0.1, -0.05) is 41.7 Å².